The number of rotatable bonds is 4. The van der Waals surface area contributed by atoms with Gasteiger partial charge in [0.05, 0.1) is 0 Å². The fourth-order valence-electron chi connectivity index (χ4n) is 4.40. The molecule has 4 atom stereocenters. The number of nitrogens with one attached hydrogen (secondary N) is 1. The van der Waals surface area contributed by atoms with Crippen LogP contribution >= 0.6 is 0 Å². The SMILES string of the molecule is O=C(C1CC2C=CC1C2)N(CC1CCCCN1)C1CC1. The molecule has 1 saturated heterocycles. The first-order chi connectivity index (χ1) is 9.81. The van der Waals surface area contributed by atoms with E-state index in [-0.39, 0.29) is 0 Å². The topological polar surface area (TPSA) is 32.3 Å². The Kier molecular flexibility index (Phi) is 3.33. The number of hydrogen-bond acceptors (Lipinski definition) is 2. The van der Waals surface area contributed by atoms with Crippen molar-refractivity contribution in [3.05, 3.63) is 12.2 Å². The highest BCUT2D eigenvalue weighted by Crippen LogP contribution is 2.45. The molecule has 0 radical (unpaired) electrons. The van der Waals surface area contributed by atoms with E-state index in [0.717, 1.165) is 19.5 Å². The molecule has 1 aliphatic heterocycles. The summed E-state index contributed by atoms with van der Waals surface area (Å²) >= 11 is 0. The zero-order valence-corrected chi connectivity index (χ0v) is 12.3. The quantitative estimate of drug-likeness (QED) is 0.798. The molecule has 2 saturated carbocycles. The summed E-state index contributed by atoms with van der Waals surface area (Å²) in [4.78, 5) is 15.2. The monoisotopic (exact) mass is 274 g/mol. The van der Waals surface area contributed by atoms with E-state index in [9.17, 15) is 4.79 Å². The van der Waals surface area contributed by atoms with Crippen molar-refractivity contribution < 1.29 is 4.79 Å². The summed E-state index contributed by atoms with van der Waals surface area (Å²) < 4.78 is 0. The van der Waals surface area contributed by atoms with Crippen molar-refractivity contribution in [2.24, 2.45) is 17.8 Å². The van der Waals surface area contributed by atoms with E-state index in [4.69, 9.17) is 0 Å². The smallest absolute Gasteiger partial charge is 0.226 e. The van der Waals surface area contributed by atoms with Gasteiger partial charge in [-0.25, -0.2) is 0 Å². The van der Waals surface area contributed by atoms with Crippen LogP contribution in [0.3, 0.4) is 0 Å². The van der Waals surface area contributed by atoms with Crippen molar-refractivity contribution in [1.29, 1.82) is 0 Å². The zero-order chi connectivity index (χ0) is 13.5. The Morgan fingerprint density at radius 2 is 2.05 bits per heavy atom. The van der Waals surface area contributed by atoms with E-state index in [1.807, 2.05) is 0 Å². The summed E-state index contributed by atoms with van der Waals surface area (Å²) in [6.45, 7) is 2.09. The predicted octanol–water partition coefficient (Wildman–Crippen LogP) is 2.33. The molecule has 1 heterocycles. The lowest BCUT2D eigenvalue weighted by molar-refractivity contribution is -0.137. The second kappa shape index (κ2) is 5.18. The number of allylic oxidation sites excluding steroid dienone is 2. The minimum absolute atomic E-state index is 0.300. The number of amides is 1. The van der Waals surface area contributed by atoms with Crippen molar-refractivity contribution in [2.45, 2.75) is 57.0 Å². The van der Waals surface area contributed by atoms with Crippen molar-refractivity contribution in [1.82, 2.24) is 10.2 Å². The molecule has 4 aliphatic rings. The molecular weight excluding hydrogens is 248 g/mol. The van der Waals surface area contributed by atoms with Crippen LogP contribution in [0.2, 0.25) is 0 Å². The van der Waals surface area contributed by atoms with Gasteiger partial charge >= 0.3 is 0 Å². The number of carbonyl (C=O) groups is 1. The van der Waals surface area contributed by atoms with Crippen molar-refractivity contribution in [2.75, 3.05) is 13.1 Å². The van der Waals surface area contributed by atoms with Crippen LogP contribution in [0.15, 0.2) is 12.2 Å². The zero-order valence-electron chi connectivity index (χ0n) is 12.3. The molecule has 1 amide bonds. The third-order valence-corrected chi connectivity index (χ3v) is 5.70. The molecule has 0 aromatic rings. The van der Waals surface area contributed by atoms with Gasteiger partial charge in [0.15, 0.2) is 0 Å². The van der Waals surface area contributed by atoms with Crippen molar-refractivity contribution >= 4 is 5.91 Å². The van der Waals surface area contributed by atoms with Gasteiger partial charge in [0.2, 0.25) is 5.91 Å². The van der Waals surface area contributed by atoms with Gasteiger partial charge < -0.3 is 10.2 Å². The minimum atomic E-state index is 0.300. The summed E-state index contributed by atoms with van der Waals surface area (Å²) in [5.74, 6) is 2.02. The molecular formula is C17H26N2O. The van der Waals surface area contributed by atoms with Crippen LogP contribution in [0.1, 0.15) is 44.9 Å². The molecule has 3 nitrogen and oxygen atoms in total. The van der Waals surface area contributed by atoms with Crippen LogP contribution in [0.5, 0.6) is 0 Å². The molecule has 20 heavy (non-hydrogen) atoms. The highest BCUT2D eigenvalue weighted by atomic mass is 16.2. The number of hydrogen-bond donors (Lipinski definition) is 1. The summed E-state index contributed by atoms with van der Waals surface area (Å²) in [5.41, 5.74) is 0. The van der Waals surface area contributed by atoms with Gasteiger partial charge in [0.25, 0.3) is 0 Å². The molecule has 110 valence electrons. The maximum atomic E-state index is 13.0. The number of carbonyl (C=O) groups excluding carboxylic acids is 1. The van der Waals surface area contributed by atoms with E-state index in [1.165, 1.54) is 38.5 Å². The van der Waals surface area contributed by atoms with Crippen LogP contribution in [-0.2, 0) is 4.79 Å². The van der Waals surface area contributed by atoms with Gasteiger partial charge in [-0.3, -0.25) is 4.79 Å². The molecule has 2 bridgehead atoms. The van der Waals surface area contributed by atoms with E-state index < -0.39 is 0 Å². The van der Waals surface area contributed by atoms with E-state index >= 15 is 0 Å². The Bertz CT molecular complexity index is 409. The number of piperidine rings is 1. The maximum absolute atomic E-state index is 13.0. The van der Waals surface area contributed by atoms with E-state index in [2.05, 4.69) is 22.4 Å². The summed E-state index contributed by atoms with van der Waals surface area (Å²) in [7, 11) is 0. The Labute approximate surface area is 121 Å². The van der Waals surface area contributed by atoms with Gasteiger partial charge in [-0.05, 0) is 56.9 Å². The third kappa shape index (κ3) is 2.41. The second-order valence-electron chi connectivity index (χ2n) is 7.26. The fourth-order valence-corrected chi connectivity index (χ4v) is 4.40. The Hall–Kier alpha value is -0.830. The van der Waals surface area contributed by atoms with Gasteiger partial charge in [0.1, 0.15) is 0 Å². The summed E-state index contributed by atoms with van der Waals surface area (Å²) in [6.07, 6.45) is 13.3. The Balaban J connectivity index is 1.42. The molecule has 0 spiro atoms. The van der Waals surface area contributed by atoms with Gasteiger partial charge in [-0.15, -0.1) is 0 Å². The van der Waals surface area contributed by atoms with Crippen molar-refractivity contribution in [3.63, 3.8) is 0 Å². The summed E-state index contributed by atoms with van der Waals surface area (Å²) in [6, 6.07) is 1.11. The molecule has 3 heteroatoms. The molecule has 4 unspecified atom stereocenters. The second-order valence-corrected chi connectivity index (χ2v) is 7.26. The average molecular weight is 274 g/mol. The van der Waals surface area contributed by atoms with E-state index in [0.29, 0.717) is 35.7 Å². The Morgan fingerprint density at radius 3 is 2.65 bits per heavy atom. The molecule has 3 fully saturated rings. The molecule has 1 N–H and O–H groups in total. The minimum Gasteiger partial charge on any atom is -0.338 e. The highest BCUT2D eigenvalue weighted by Gasteiger charge is 2.44. The van der Waals surface area contributed by atoms with Crippen LogP contribution < -0.4 is 5.32 Å². The summed E-state index contributed by atoms with van der Waals surface area (Å²) in [5, 5.41) is 3.60. The number of nitrogens with zero attached hydrogens (tertiary/aromatic N) is 1. The van der Waals surface area contributed by atoms with Gasteiger partial charge in [0, 0.05) is 24.5 Å². The lowest BCUT2D eigenvalue weighted by Crippen LogP contribution is -2.48. The fraction of sp³-hybridized carbons (Fsp3) is 0.824. The van der Waals surface area contributed by atoms with Gasteiger partial charge in [-0.2, -0.15) is 0 Å². The first-order valence-corrected chi connectivity index (χ1v) is 8.53. The molecule has 0 aromatic heterocycles. The maximum Gasteiger partial charge on any atom is 0.226 e. The van der Waals surface area contributed by atoms with Crippen LogP contribution in [0.4, 0.5) is 0 Å². The number of fused-ring (bicyclic) bond motifs is 2. The van der Waals surface area contributed by atoms with Crippen LogP contribution in [0, 0.1) is 17.8 Å². The van der Waals surface area contributed by atoms with Crippen LogP contribution in [-0.4, -0.2) is 36.0 Å². The lowest BCUT2D eigenvalue weighted by Gasteiger charge is -2.33. The normalized spacial score (nSPS) is 39.2. The first-order valence-electron chi connectivity index (χ1n) is 8.53. The highest BCUT2D eigenvalue weighted by molar-refractivity contribution is 5.81. The molecule has 3 aliphatic carbocycles. The third-order valence-electron chi connectivity index (χ3n) is 5.70. The average Bonchev–Trinajstić information content (AvgIpc) is 3.11. The molecule has 4 rings (SSSR count). The predicted molar refractivity (Wildman–Crippen MR) is 79.2 cm³/mol. The van der Waals surface area contributed by atoms with Crippen molar-refractivity contribution in [3.8, 4) is 0 Å². The largest absolute Gasteiger partial charge is 0.338 e. The molecule has 0 aromatic carbocycles. The first kappa shape index (κ1) is 12.9. The Morgan fingerprint density at radius 1 is 1.15 bits per heavy atom. The van der Waals surface area contributed by atoms with Crippen LogP contribution in [0.25, 0.3) is 0 Å². The van der Waals surface area contributed by atoms with E-state index in [1.54, 1.807) is 0 Å². The standard InChI is InChI=1S/C17H26N2O/c20-17(16-10-12-4-5-13(16)9-12)19(15-6-7-15)11-14-3-1-2-8-18-14/h4-5,12-16,18H,1-3,6-11H2. The lowest BCUT2D eigenvalue weighted by atomic mass is 9.91. The van der Waals surface area contributed by atoms with Gasteiger partial charge in [-0.1, -0.05) is 18.6 Å².